The first kappa shape index (κ1) is 27.0. The summed E-state index contributed by atoms with van der Waals surface area (Å²) in [4.78, 5) is 29.7. The fourth-order valence-electron chi connectivity index (χ4n) is 4.08. The molecule has 3 amide bonds. The van der Waals surface area contributed by atoms with Gasteiger partial charge in [0.25, 0.3) is 0 Å². The number of urea groups is 1. The number of carbonyl (C=O) groups excluding carboxylic acids is 1. The molecule has 0 saturated carbocycles. The smallest absolute Gasteiger partial charge is 0.413 e. The highest BCUT2D eigenvalue weighted by Gasteiger charge is 2.28. The summed E-state index contributed by atoms with van der Waals surface area (Å²) in [6.45, 7) is 6.44. The molecule has 208 valence electrons. The van der Waals surface area contributed by atoms with E-state index in [1.54, 1.807) is 59.3 Å². The maximum Gasteiger partial charge on any atom is 0.413 e. The number of rotatable bonds is 5. The van der Waals surface area contributed by atoms with Crippen LogP contribution in [-0.4, -0.2) is 45.1 Å². The van der Waals surface area contributed by atoms with Crippen LogP contribution in [-0.2, 0) is 5.41 Å². The van der Waals surface area contributed by atoms with Crippen LogP contribution in [0.5, 0.6) is 17.2 Å². The van der Waals surface area contributed by atoms with Gasteiger partial charge in [-0.15, -0.1) is 0 Å². The van der Waals surface area contributed by atoms with Crippen LogP contribution < -0.4 is 25.0 Å². The minimum Gasteiger partial charge on any atom is -0.484 e. The van der Waals surface area contributed by atoms with Gasteiger partial charge in [0.1, 0.15) is 18.2 Å². The molecule has 2 aromatic carbocycles. The molecule has 0 radical (unpaired) electrons. The first-order chi connectivity index (χ1) is 19.6. The second-order valence-corrected chi connectivity index (χ2v) is 10.2. The maximum atomic E-state index is 12.9. The topological polar surface area (TPSA) is 155 Å². The lowest BCUT2D eigenvalue weighted by atomic mass is 9.92. The number of carboxylic acid groups (broad SMARTS) is 1. The average Bonchev–Trinajstić information content (AvgIpc) is 3.38. The third-order valence-corrected chi connectivity index (χ3v) is 6.20. The molecule has 2 aromatic heterocycles. The first-order valence-electron chi connectivity index (χ1n) is 12.7. The summed E-state index contributed by atoms with van der Waals surface area (Å²) < 4.78 is 13.2. The van der Waals surface area contributed by atoms with Gasteiger partial charge in [-0.2, -0.15) is 10.4 Å². The molecule has 0 saturated heterocycles. The lowest BCUT2D eigenvalue weighted by Crippen LogP contribution is -2.37. The number of amides is 3. The van der Waals surface area contributed by atoms with Crippen LogP contribution in [0.1, 0.15) is 32.0 Å². The molecular weight excluding hydrogens is 526 g/mol. The minimum atomic E-state index is -1.12. The van der Waals surface area contributed by atoms with E-state index in [-0.39, 0.29) is 30.1 Å². The number of pyridine rings is 1. The largest absolute Gasteiger partial charge is 0.484 e. The van der Waals surface area contributed by atoms with Gasteiger partial charge < -0.3 is 19.9 Å². The van der Waals surface area contributed by atoms with Crippen molar-refractivity contribution in [2.24, 2.45) is 0 Å². The third-order valence-electron chi connectivity index (χ3n) is 6.20. The second kappa shape index (κ2) is 10.9. The first-order valence-corrected chi connectivity index (χ1v) is 12.7. The summed E-state index contributed by atoms with van der Waals surface area (Å²) in [5.41, 5.74) is 2.26. The number of hydrogen-bond donors (Lipinski definition) is 3. The SMILES string of the molecule is CC(C)(C)c1cc(NC(=O)Nc2ccc(Oc3ccnc4c3OCCN4C(=O)O)cc2)n(-c2ccc(C#N)cc2)n1. The van der Waals surface area contributed by atoms with E-state index in [0.717, 1.165) is 10.6 Å². The van der Waals surface area contributed by atoms with Gasteiger partial charge in [-0.1, -0.05) is 20.8 Å². The number of benzene rings is 2. The van der Waals surface area contributed by atoms with Gasteiger partial charge in [-0.05, 0) is 48.5 Å². The number of fused-ring (bicyclic) bond motifs is 1. The summed E-state index contributed by atoms with van der Waals surface area (Å²) in [6.07, 6.45) is 0.328. The molecule has 4 aromatic rings. The van der Waals surface area contributed by atoms with Crippen molar-refractivity contribution in [2.45, 2.75) is 26.2 Å². The number of anilines is 3. The predicted octanol–water partition coefficient (Wildman–Crippen LogP) is 5.75. The summed E-state index contributed by atoms with van der Waals surface area (Å²) in [7, 11) is 0. The van der Waals surface area contributed by atoms with Crippen molar-refractivity contribution < 1.29 is 24.2 Å². The average molecular weight is 554 g/mol. The zero-order chi connectivity index (χ0) is 29.1. The fourth-order valence-corrected chi connectivity index (χ4v) is 4.08. The summed E-state index contributed by atoms with van der Waals surface area (Å²) >= 11 is 0. The van der Waals surface area contributed by atoms with Crippen molar-refractivity contribution in [2.75, 3.05) is 28.7 Å². The summed E-state index contributed by atoms with van der Waals surface area (Å²) in [5.74, 6) is 1.66. The molecule has 0 fully saturated rings. The highest BCUT2D eigenvalue weighted by molar-refractivity contribution is 5.99. The molecule has 0 aliphatic carbocycles. The Balaban J connectivity index is 1.30. The molecule has 0 unspecified atom stereocenters. The molecule has 0 spiro atoms. The van der Waals surface area contributed by atoms with Gasteiger partial charge >= 0.3 is 12.1 Å². The van der Waals surface area contributed by atoms with E-state index < -0.39 is 12.1 Å². The Morgan fingerprint density at radius 2 is 1.80 bits per heavy atom. The van der Waals surface area contributed by atoms with Gasteiger partial charge in [0.15, 0.2) is 11.6 Å². The molecule has 12 nitrogen and oxygen atoms in total. The van der Waals surface area contributed by atoms with Crippen molar-refractivity contribution in [3.05, 3.63) is 78.1 Å². The molecule has 41 heavy (non-hydrogen) atoms. The Bertz CT molecular complexity index is 1630. The number of nitrogens with zero attached hydrogens (tertiary/aromatic N) is 5. The quantitative estimate of drug-likeness (QED) is 0.282. The van der Waals surface area contributed by atoms with Gasteiger partial charge in [0.05, 0.1) is 29.6 Å². The number of carbonyl (C=O) groups is 2. The van der Waals surface area contributed by atoms with Crippen LogP contribution in [0.2, 0.25) is 0 Å². The zero-order valence-corrected chi connectivity index (χ0v) is 22.6. The van der Waals surface area contributed by atoms with Gasteiger partial charge in [0, 0.05) is 29.4 Å². The number of hydrogen-bond acceptors (Lipinski definition) is 7. The van der Waals surface area contributed by atoms with Crippen molar-refractivity contribution in [3.63, 3.8) is 0 Å². The fraction of sp³-hybridized carbons (Fsp3) is 0.207. The molecule has 0 atom stereocenters. The standard InChI is InChI=1S/C29H27N7O5/c1-29(2,3)23-16-24(36(34-23)20-8-4-18(17-30)5-9-20)33-27(37)32-19-6-10-21(11-7-19)41-22-12-13-31-26-25(22)40-15-14-35(26)28(38)39/h4-13,16H,14-15H2,1-3H3,(H,38,39)(H2,32,33,37). The van der Waals surface area contributed by atoms with Crippen molar-refractivity contribution in [1.82, 2.24) is 14.8 Å². The molecule has 1 aliphatic rings. The predicted molar refractivity (Wildman–Crippen MR) is 151 cm³/mol. The lowest BCUT2D eigenvalue weighted by molar-refractivity contribution is 0.195. The minimum absolute atomic E-state index is 0.172. The van der Waals surface area contributed by atoms with E-state index >= 15 is 0 Å². The lowest BCUT2D eigenvalue weighted by Gasteiger charge is -2.27. The van der Waals surface area contributed by atoms with E-state index in [0.29, 0.717) is 34.3 Å². The Kier molecular flexibility index (Phi) is 7.18. The third kappa shape index (κ3) is 5.89. The Hall–Kier alpha value is -5.57. The summed E-state index contributed by atoms with van der Waals surface area (Å²) in [6, 6.07) is 18.6. The van der Waals surface area contributed by atoms with Gasteiger partial charge in [-0.25, -0.2) is 19.3 Å². The number of nitrogens with one attached hydrogen (secondary N) is 2. The molecule has 1 aliphatic heterocycles. The Morgan fingerprint density at radius 3 is 2.46 bits per heavy atom. The normalized spacial score (nSPS) is 12.5. The van der Waals surface area contributed by atoms with Crippen molar-refractivity contribution in [1.29, 1.82) is 5.26 Å². The van der Waals surface area contributed by atoms with Crippen LogP contribution in [0.3, 0.4) is 0 Å². The Labute approximate surface area is 235 Å². The number of aromatic nitrogens is 3. The van der Waals surface area contributed by atoms with Crippen LogP contribution in [0.25, 0.3) is 5.69 Å². The molecule has 12 heteroatoms. The molecule has 5 rings (SSSR count). The monoisotopic (exact) mass is 553 g/mol. The number of ether oxygens (including phenoxy) is 2. The second-order valence-electron chi connectivity index (χ2n) is 10.2. The van der Waals surface area contributed by atoms with Crippen LogP contribution >= 0.6 is 0 Å². The van der Waals surface area contributed by atoms with Crippen molar-refractivity contribution >= 4 is 29.4 Å². The molecular formula is C29H27N7O5. The summed E-state index contributed by atoms with van der Waals surface area (Å²) in [5, 5.41) is 28.9. The Morgan fingerprint density at radius 1 is 1.07 bits per heavy atom. The van der Waals surface area contributed by atoms with Crippen LogP contribution in [0, 0.1) is 11.3 Å². The maximum absolute atomic E-state index is 12.9. The highest BCUT2D eigenvalue weighted by Crippen LogP contribution is 2.40. The zero-order valence-electron chi connectivity index (χ0n) is 22.6. The van der Waals surface area contributed by atoms with E-state index in [1.807, 2.05) is 26.8 Å². The van der Waals surface area contributed by atoms with Crippen LogP contribution in [0.15, 0.2) is 66.9 Å². The highest BCUT2D eigenvalue weighted by atomic mass is 16.5. The van der Waals surface area contributed by atoms with E-state index in [1.165, 1.54) is 6.20 Å². The number of nitriles is 1. The van der Waals surface area contributed by atoms with E-state index in [9.17, 15) is 14.7 Å². The molecule has 3 heterocycles. The van der Waals surface area contributed by atoms with Gasteiger partial charge in [0.2, 0.25) is 5.75 Å². The molecule has 0 bridgehead atoms. The van der Waals surface area contributed by atoms with Crippen LogP contribution in [0.4, 0.5) is 26.9 Å². The van der Waals surface area contributed by atoms with E-state index in [4.69, 9.17) is 14.7 Å². The molecule has 3 N–H and O–H groups in total. The van der Waals surface area contributed by atoms with Gasteiger partial charge in [-0.3, -0.25) is 10.2 Å². The van der Waals surface area contributed by atoms with E-state index in [2.05, 4.69) is 26.8 Å². The van der Waals surface area contributed by atoms with Crippen molar-refractivity contribution in [3.8, 4) is 29.0 Å².